The first-order valence-corrected chi connectivity index (χ1v) is 3.48. The van der Waals surface area contributed by atoms with Crippen LogP contribution < -0.4 is 5.73 Å². The molecular formula is C9H12N. The Morgan fingerprint density at radius 1 is 1.30 bits per heavy atom. The molecule has 1 rings (SSSR count). The molecule has 0 amide bonds. The molecule has 10 heavy (non-hydrogen) atoms. The Hall–Kier alpha value is -0.820. The Kier molecular flexibility index (Phi) is 2.07. The Labute approximate surface area is 61.9 Å². The summed E-state index contributed by atoms with van der Waals surface area (Å²) < 4.78 is 0. The highest BCUT2D eigenvalue weighted by Crippen LogP contribution is 2.14. The van der Waals surface area contributed by atoms with Gasteiger partial charge in [0.05, 0.1) is 0 Å². The van der Waals surface area contributed by atoms with E-state index in [-0.39, 0.29) is 6.04 Å². The van der Waals surface area contributed by atoms with Crippen LogP contribution in [0.25, 0.3) is 0 Å². The van der Waals surface area contributed by atoms with Crippen LogP contribution >= 0.6 is 0 Å². The van der Waals surface area contributed by atoms with E-state index in [0.717, 1.165) is 5.56 Å². The van der Waals surface area contributed by atoms with E-state index in [1.807, 2.05) is 38.1 Å². The highest BCUT2D eigenvalue weighted by molar-refractivity contribution is 5.27. The van der Waals surface area contributed by atoms with E-state index in [4.69, 9.17) is 5.73 Å². The molecule has 1 aromatic carbocycles. The van der Waals surface area contributed by atoms with Gasteiger partial charge >= 0.3 is 0 Å². The quantitative estimate of drug-likeness (QED) is 0.563. The Bertz CT molecular complexity index is 216. The van der Waals surface area contributed by atoms with Crippen molar-refractivity contribution in [1.82, 2.24) is 5.73 Å². The van der Waals surface area contributed by atoms with Crippen molar-refractivity contribution in [2.24, 2.45) is 0 Å². The van der Waals surface area contributed by atoms with Crippen LogP contribution in [0.15, 0.2) is 24.3 Å². The van der Waals surface area contributed by atoms with E-state index in [1.165, 1.54) is 5.56 Å². The molecule has 1 aromatic rings. The zero-order valence-corrected chi connectivity index (χ0v) is 6.39. The molecule has 0 unspecified atom stereocenters. The summed E-state index contributed by atoms with van der Waals surface area (Å²) in [4.78, 5) is 0. The molecule has 53 valence electrons. The summed E-state index contributed by atoms with van der Waals surface area (Å²) >= 11 is 0. The third kappa shape index (κ3) is 1.36. The topological polar surface area (TPSA) is 23.8 Å². The summed E-state index contributed by atoms with van der Waals surface area (Å²) in [6.07, 6.45) is 0. The second-order valence-corrected chi connectivity index (χ2v) is 2.58. The maximum Gasteiger partial charge on any atom is 0.0437 e. The summed E-state index contributed by atoms with van der Waals surface area (Å²) in [5.74, 6) is 0. The van der Waals surface area contributed by atoms with Crippen LogP contribution in [0.3, 0.4) is 0 Å². The lowest BCUT2D eigenvalue weighted by Gasteiger charge is -2.06. The van der Waals surface area contributed by atoms with E-state index < -0.39 is 0 Å². The third-order valence-electron chi connectivity index (χ3n) is 1.65. The zero-order valence-electron chi connectivity index (χ0n) is 6.39. The van der Waals surface area contributed by atoms with Crippen molar-refractivity contribution in [2.45, 2.75) is 19.9 Å². The minimum absolute atomic E-state index is 0.0961. The Balaban J connectivity index is 3.03. The predicted octanol–water partition coefficient (Wildman–Crippen LogP) is 2.34. The highest BCUT2D eigenvalue weighted by atomic mass is 14.6. The van der Waals surface area contributed by atoms with Gasteiger partial charge in [0.15, 0.2) is 0 Å². The number of nitrogens with one attached hydrogen (secondary N) is 1. The van der Waals surface area contributed by atoms with Gasteiger partial charge < -0.3 is 0 Å². The minimum Gasteiger partial charge on any atom is -0.250 e. The molecule has 0 aliphatic heterocycles. The normalized spacial score (nSPS) is 13.1. The number of rotatable bonds is 1. The molecule has 0 bridgehead atoms. The van der Waals surface area contributed by atoms with Gasteiger partial charge in [-0.05, 0) is 25.0 Å². The molecule has 0 aliphatic carbocycles. The number of aryl methyl sites for hydroxylation is 1. The fourth-order valence-corrected chi connectivity index (χ4v) is 1.07. The van der Waals surface area contributed by atoms with Gasteiger partial charge in [0.25, 0.3) is 0 Å². The molecule has 1 radical (unpaired) electrons. The van der Waals surface area contributed by atoms with Crippen LogP contribution in [0.4, 0.5) is 0 Å². The average Bonchev–Trinajstić information content (AvgIpc) is 1.88. The Morgan fingerprint density at radius 3 is 2.30 bits per heavy atom. The Morgan fingerprint density at radius 2 is 1.90 bits per heavy atom. The van der Waals surface area contributed by atoms with Crippen molar-refractivity contribution in [3.05, 3.63) is 35.4 Å². The van der Waals surface area contributed by atoms with Gasteiger partial charge in [-0.25, -0.2) is 0 Å². The van der Waals surface area contributed by atoms with Crippen molar-refractivity contribution in [3.63, 3.8) is 0 Å². The van der Waals surface area contributed by atoms with Crippen molar-refractivity contribution in [3.8, 4) is 0 Å². The molecule has 0 saturated carbocycles. The second-order valence-electron chi connectivity index (χ2n) is 2.58. The van der Waals surface area contributed by atoms with Gasteiger partial charge in [-0.2, -0.15) is 0 Å². The summed E-state index contributed by atoms with van der Waals surface area (Å²) in [6.45, 7) is 3.93. The summed E-state index contributed by atoms with van der Waals surface area (Å²) in [7, 11) is 0. The molecule has 0 aromatic heterocycles. The smallest absolute Gasteiger partial charge is 0.0437 e. The van der Waals surface area contributed by atoms with E-state index in [1.54, 1.807) is 0 Å². The van der Waals surface area contributed by atoms with Crippen LogP contribution in [0, 0.1) is 6.92 Å². The van der Waals surface area contributed by atoms with Gasteiger partial charge in [-0.15, -0.1) is 0 Å². The summed E-state index contributed by atoms with van der Waals surface area (Å²) in [5.41, 5.74) is 9.80. The van der Waals surface area contributed by atoms with Gasteiger partial charge in [0.1, 0.15) is 0 Å². The predicted molar refractivity (Wildman–Crippen MR) is 42.7 cm³/mol. The largest absolute Gasteiger partial charge is 0.250 e. The second kappa shape index (κ2) is 2.84. The van der Waals surface area contributed by atoms with E-state index in [2.05, 4.69) is 0 Å². The third-order valence-corrected chi connectivity index (χ3v) is 1.65. The van der Waals surface area contributed by atoms with Crippen LogP contribution in [-0.2, 0) is 0 Å². The highest BCUT2D eigenvalue weighted by Gasteiger charge is 2.00. The van der Waals surface area contributed by atoms with Gasteiger partial charge in [-0.1, -0.05) is 24.3 Å². The lowest BCUT2D eigenvalue weighted by Crippen LogP contribution is -1.95. The molecule has 1 N–H and O–H groups in total. The minimum atomic E-state index is -0.0961. The van der Waals surface area contributed by atoms with Gasteiger partial charge in [0.2, 0.25) is 0 Å². The number of hydrogen-bond donors (Lipinski definition) is 0. The van der Waals surface area contributed by atoms with Crippen LogP contribution in [0.2, 0.25) is 0 Å². The van der Waals surface area contributed by atoms with Crippen LogP contribution in [-0.4, -0.2) is 0 Å². The van der Waals surface area contributed by atoms with Gasteiger partial charge in [0, 0.05) is 6.04 Å². The fourth-order valence-electron chi connectivity index (χ4n) is 1.07. The van der Waals surface area contributed by atoms with E-state index in [9.17, 15) is 0 Å². The van der Waals surface area contributed by atoms with Crippen LogP contribution in [0.5, 0.6) is 0 Å². The number of hydrogen-bond acceptors (Lipinski definition) is 0. The standard InChI is InChI=1S/C9H12N/c1-7-5-3-4-6-9(7)8(2)10/h3-6,8,10H,1-2H3/t8-/m0/s1. The molecule has 0 spiro atoms. The molecular weight excluding hydrogens is 122 g/mol. The molecule has 0 fully saturated rings. The van der Waals surface area contributed by atoms with E-state index >= 15 is 0 Å². The lowest BCUT2D eigenvalue weighted by atomic mass is 10.0. The first-order chi connectivity index (χ1) is 4.72. The molecule has 1 nitrogen and oxygen atoms in total. The monoisotopic (exact) mass is 134 g/mol. The van der Waals surface area contributed by atoms with Crippen molar-refractivity contribution < 1.29 is 0 Å². The van der Waals surface area contributed by atoms with E-state index in [0.29, 0.717) is 0 Å². The molecule has 0 saturated heterocycles. The average molecular weight is 134 g/mol. The van der Waals surface area contributed by atoms with Crippen molar-refractivity contribution >= 4 is 0 Å². The first-order valence-electron chi connectivity index (χ1n) is 3.48. The fraction of sp³-hybridized carbons (Fsp3) is 0.333. The summed E-state index contributed by atoms with van der Waals surface area (Å²) in [6, 6.07) is 7.93. The maximum absolute atomic E-state index is 7.46. The zero-order chi connectivity index (χ0) is 7.56. The van der Waals surface area contributed by atoms with Crippen LogP contribution in [0.1, 0.15) is 24.1 Å². The molecule has 1 atom stereocenters. The molecule has 0 heterocycles. The van der Waals surface area contributed by atoms with Gasteiger partial charge in [-0.3, -0.25) is 5.73 Å². The van der Waals surface area contributed by atoms with Crippen molar-refractivity contribution in [2.75, 3.05) is 0 Å². The molecule has 1 heteroatoms. The SMILES string of the molecule is Cc1ccccc1[C@H](C)[NH]. The number of benzene rings is 1. The lowest BCUT2D eigenvalue weighted by molar-refractivity contribution is 0.780. The summed E-state index contributed by atoms with van der Waals surface area (Å²) in [5, 5.41) is 0. The maximum atomic E-state index is 7.46. The molecule has 0 aliphatic rings. The first kappa shape index (κ1) is 7.29. The van der Waals surface area contributed by atoms with Crippen molar-refractivity contribution in [1.29, 1.82) is 0 Å².